The molecule has 0 unspecified atom stereocenters. The number of carbonyl (C=O) groups excluding carboxylic acids is 1. The predicted molar refractivity (Wildman–Crippen MR) is 83.3 cm³/mol. The molecule has 23 heavy (non-hydrogen) atoms. The number of hydrogen-bond acceptors (Lipinski definition) is 5. The summed E-state index contributed by atoms with van der Waals surface area (Å²) in [5, 5.41) is 9.63. The Morgan fingerprint density at radius 3 is 2.78 bits per heavy atom. The van der Waals surface area contributed by atoms with Gasteiger partial charge >= 0.3 is 11.6 Å². The van der Waals surface area contributed by atoms with Crippen LogP contribution in [-0.2, 0) is 0 Å². The summed E-state index contributed by atoms with van der Waals surface area (Å²) in [6.45, 7) is 1.80. The Hall–Kier alpha value is -3.39. The van der Waals surface area contributed by atoms with E-state index in [4.69, 9.17) is 14.4 Å². The van der Waals surface area contributed by atoms with E-state index < -0.39 is 11.6 Å². The van der Waals surface area contributed by atoms with Crippen LogP contribution in [0.4, 0.5) is 0 Å². The Bertz CT molecular complexity index is 1010. The van der Waals surface area contributed by atoms with Gasteiger partial charge in [-0.15, -0.1) is 0 Å². The van der Waals surface area contributed by atoms with Crippen LogP contribution in [0.3, 0.4) is 0 Å². The van der Waals surface area contributed by atoms with Crippen LogP contribution in [0, 0.1) is 18.3 Å². The molecule has 5 nitrogen and oxygen atoms in total. The molecular formula is C18H11NO4. The molecule has 0 radical (unpaired) electrons. The molecule has 0 atom stereocenters. The van der Waals surface area contributed by atoms with Gasteiger partial charge in [-0.1, -0.05) is 6.07 Å². The minimum atomic E-state index is -0.587. The van der Waals surface area contributed by atoms with Gasteiger partial charge in [0.2, 0.25) is 0 Å². The Morgan fingerprint density at radius 1 is 1.17 bits per heavy atom. The van der Waals surface area contributed by atoms with E-state index in [1.165, 1.54) is 18.2 Å². The fraction of sp³-hybridized carbons (Fsp3) is 0.0556. The van der Waals surface area contributed by atoms with Gasteiger partial charge in [-0.2, -0.15) is 5.26 Å². The van der Waals surface area contributed by atoms with Crippen molar-refractivity contribution in [3.63, 3.8) is 0 Å². The van der Waals surface area contributed by atoms with E-state index in [2.05, 4.69) is 0 Å². The van der Waals surface area contributed by atoms with Crippen molar-refractivity contribution in [1.29, 1.82) is 5.26 Å². The second kappa shape index (κ2) is 5.78. The summed E-state index contributed by atoms with van der Waals surface area (Å²) in [6.07, 6.45) is 0. The average molecular weight is 305 g/mol. The maximum absolute atomic E-state index is 12.1. The first-order valence-corrected chi connectivity index (χ1v) is 6.84. The molecule has 1 aromatic heterocycles. The monoisotopic (exact) mass is 305 g/mol. The van der Waals surface area contributed by atoms with Crippen LogP contribution in [0.15, 0.2) is 57.7 Å². The van der Waals surface area contributed by atoms with Crippen LogP contribution in [0.1, 0.15) is 21.5 Å². The molecular weight excluding hydrogens is 294 g/mol. The third-order valence-electron chi connectivity index (χ3n) is 3.36. The van der Waals surface area contributed by atoms with Gasteiger partial charge in [0, 0.05) is 17.5 Å². The van der Waals surface area contributed by atoms with Gasteiger partial charge in [0.05, 0.1) is 17.2 Å². The van der Waals surface area contributed by atoms with Crippen LogP contribution in [-0.4, -0.2) is 5.97 Å². The van der Waals surface area contributed by atoms with Crippen molar-refractivity contribution in [3.8, 4) is 11.8 Å². The zero-order chi connectivity index (χ0) is 16.4. The SMILES string of the molecule is Cc1cc(=O)oc2cc(OC(=O)c3cccc(C#N)c3)ccc12. The lowest BCUT2D eigenvalue weighted by molar-refractivity contribution is 0.0735. The quantitative estimate of drug-likeness (QED) is 0.412. The van der Waals surface area contributed by atoms with Crippen LogP contribution in [0.5, 0.6) is 5.75 Å². The van der Waals surface area contributed by atoms with Crippen molar-refractivity contribution < 1.29 is 13.9 Å². The molecule has 5 heteroatoms. The van der Waals surface area contributed by atoms with E-state index in [1.54, 1.807) is 37.3 Å². The molecule has 0 bridgehead atoms. The zero-order valence-electron chi connectivity index (χ0n) is 12.2. The molecule has 0 N–H and O–H groups in total. The molecule has 0 aliphatic rings. The molecule has 0 amide bonds. The van der Waals surface area contributed by atoms with E-state index in [9.17, 15) is 9.59 Å². The Balaban J connectivity index is 1.93. The second-order valence-electron chi connectivity index (χ2n) is 4.99. The van der Waals surface area contributed by atoms with Gasteiger partial charge in [0.15, 0.2) is 0 Å². The molecule has 0 saturated heterocycles. The fourth-order valence-corrected chi connectivity index (χ4v) is 2.25. The Morgan fingerprint density at radius 2 is 2.00 bits per heavy atom. The topological polar surface area (TPSA) is 80.3 Å². The van der Waals surface area contributed by atoms with Gasteiger partial charge in [0.1, 0.15) is 11.3 Å². The first-order chi connectivity index (χ1) is 11.1. The standard InChI is InChI=1S/C18H11NO4/c1-11-7-17(20)23-16-9-14(5-6-15(11)16)22-18(21)13-4-2-3-12(8-13)10-19/h2-9H,1H3. The number of rotatable bonds is 2. The van der Waals surface area contributed by atoms with Crippen molar-refractivity contribution in [2.75, 3.05) is 0 Å². The smallest absolute Gasteiger partial charge is 0.343 e. The molecule has 0 fully saturated rings. The maximum Gasteiger partial charge on any atom is 0.343 e. The van der Waals surface area contributed by atoms with Gasteiger partial charge in [0.25, 0.3) is 0 Å². The summed E-state index contributed by atoms with van der Waals surface area (Å²) >= 11 is 0. The number of nitriles is 1. The lowest BCUT2D eigenvalue weighted by Gasteiger charge is -2.06. The summed E-state index contributed by atoms with van der Waals surface area (Å²) in [5.74, 6) is -0.324. The van der Waals surface area contributed by atoms with Crippen molar-refractivity contribution in [1.82, 2.24) is 0 Å². The Kier molecular flexibility index (Phi) is 3.65. The molecule has 2 aromatic carbocycles. The average Bonchev–Trinajstić information content (AvgIpc) is 2.54. The van der Waals surface area contributed by atoms with Gasteiger partial charge < -0.3 is 9.15 Å². The highest BCUT2D eigenvalue weighted by molar-refractivity contribution is 5.92. The minimum absolute atomic E-state index is 0.263. The van der Waals surface area contributed by atoms with Gasteiger partial charge in [-0.25, -0.2) is 9.59 Å². The summed E-state index contributed by atoms with van der Waals surface area (Å²) in [5.41, 5.74) is 1.33. The highest BCUT2D eigenvalue weighted by Gasteiger charge is 2.11. The van der Waals surface area contributed by atoms with Gasteiger partial charge in [-0.3, -0.25) is 0 Å². The molecule has 0 saturated carbocycles. The highest BCUT2D eigenvalue weighted by Crippen LogP contribution is 2.23. The lowest BCUT2D eigenvalue weighted by Crippen LogP contribution is -2.08. The lowest BCUT2D eigenvalue weighted by atomic mass is 10.1. The molecule has 112 valence electrons. The van der Waals surface area contributed by atoms with Crippen molar-refractivity contribution in [2.24, 2.45) is 0 Å². The number of hydrogen-bond donors (Lipinski definition) is 0. The van der Waals surface area contributed by atoms with E-state index in [0.29, 0.717) is 11.1 Å². The third-order valence-corrected chi connectivity index (χ3v) is 3.36. The summed E-state index contributed by atoms with van der Waals surface area (Å²) < 4.78 is 10.4. The predicted octanol–water partition coefficient (Wildman–Crippen LogP) is 3.19. The molecule has 0 aliphatic heterocycles. The Labute approximate surface area is 131 Å². The first-order valence-electron chi connectivity index (χ1n) is 6.84. The highest BCUT2D eigenvalue weighted by atomic mass is 16.5. The minimum Gasteiger partial charge on any atom is -0.423 e. The van der Waals surface area contributed by atoms with Crippen LogP contribution < -0.4 is 10.4 Å². The van der Waals surface area contributed by atoms with Gasteiger partial charge in [-0.05, 0) is 42.8 Å². The number of aryl methyl sites for hydroxylation is 1. The summed E-state index contributed by atoms with van der Waals surface area (Å²) in [6, 6.07) is 14.4. The molecule has 3 rings (SSSR count). The maximum atomic E-state index is 12.1. The summed E-state index contributed by atoms with van der Waals surface area (Å²) in [7, 11) is 0. The zero-order valence-corrected chi connectivity index (χ0v) is 12.2. The molecule has 0 aliphatic carbocycles. The van der Waals surface area contributed by atoms with E-state index >= 15 is 0 Å². The van der Waals surface area contributed by atoms with Crippen LogP contribution in [0.25, 0.3) is 11.0 Å². The number of fused-ring (bicyclic) bond motifs is 1. The second-order valence-corrected chi connectivity index (χ2v) is 4.99. The van der Waals surface area contributed by atoms with Crippen LogP contribution >= 0.6 is 0 Å². The molecule has 3 aromatic rings. The first kappa shape index (κ1) is 14.5. The van der Waals surface area contributed by atoms with E-state index in [-0.39, 0.29) is 11.3 Å². The van der Waals surface area contributed by atoms with Crippen LogP contribution in [0.2, 0.25) is 0 Å². The van der Waals surface area contributed by atoms with Crippen molar-refractivity contribution >= 4 is 16.9 Å². The number of ether oxygens (including phenoxy) is 1. The number of benzene rings is 2. The number of nitrogens with zero attached hydrogens (tertiary/aromatic N) is 1. The number of carbonyl (C=O) groups is 1. The molecule has 1 heterocycles. The summed E-state index contributed by atoms with van der Waals surface area (Å²) in [4.78, 5) is 23.6. The normalized spacial score (nSPS) is 10.3. The fourth-order valence-electron chi connectivity index (χ4n) is 2.25. The van der Waals surface area contributed by atoms with E-state index in [0.717, 1.165) is 10.9 Å². The third kappa shape index (κ3) is 2.97. The number of esters is 1. The van der Waals surface area contributed by atoms with Crippen molar-refractivity contribution in [2.45, 2.75) is 6.92 Å². The van der Waals surface area contributed by atoms with Crippen molar-refractivity contribution in [3.05, 3.63) is 75.6 Å². The largest absolute Gasteiger partial charge is 0.423 e. The molecule has 0 spiro atoms. The van der Waals surface area contributed by atoms with E-state index in [1.807, 2.05) is 6.07 Å².